The molecular formula is C22H21F3N2O2. The Hall–Kier alpha value is -2.83. The van der Waals surface area contributed by atoms with Gasteiger partial charge < -0.3 is 10.6 Å². The molecule has 2 amide bonds. The molecule has 0 saturated heterocycles. The van der Waals surface area contributed by atoms with Crippen molar-refractivity contribution >= 4 is 17.5 Å². The van der Waals surface area contributed by atoms with Gasteiger partial charge in [-0.25, -0.2) is 0 Å². The molecule has 4 nitrogen and oxygen atoms in total. The predicted octanol–water partition coefficient (Wildman–Crippen LogP) is 4.57. The lowest BCUT2D eigenvalue weighted by atomic mass is 9.97. The van der Waals surface area contributed by atoms with Crippen molar-refractivity contribution in [3.8, 4) is 0 Å². The van der Waals surface area contributed by atoms with Crippen molar-refractivity contribution in [2.45, 2.75) is 44.3 Å². The lowest BCUT2D eigenvalue weighted by Gasteiger charge is -2.20. The fourth-order valence-electron chi connectivity index (χ4n) is 3.85. The highest BCUT2D eigenvalue weighted by Gasteiger charge is 2.44. The zero-order valence-corrected chi connectivity index (χ0v) is 15.8. The van der Waals surface area contributed by atoms with Crippen LogP contribution in [0.5, 0.6) is 0 Å². The molecule has 29 heavy (non-hydrogen) atoms. The van der Waals surface area contributed by atoms with Gasteiger partial charge in [0.1, 0.15) is 0 Å². The highest BCUT2D eigenvalue weighted by Crippen LogP contribution is 2.48. The molecule has 1 aliphatic carbocycles. The first-order valence-corrected chi connectivity index (χ1v) is 9.62. The molecule has 3 unspecified atom stereocenters. The molecule has 1 heterocycles. The molecule has 2 aromatic carbocycles. The van der Waals surface area contributed by atoms with Crippen LogP contribution in [0.4, 0.5) is 18.9 Å². The van der Waals surface area contributed by atoms with Crippen molar-refractivity contribution in [1.82, 2.24) is 5.32 Å². The second kappa shape index (κ2) is 7.21. The van der Waals surface area contributed by atoms with E-state index >= 15 is 0 Å². The number of hydrogen-bond acceptors (Lipinski definition) is 2. The van der Waals surface area contributed by atoms with Gasteiger partial charge in [0.15, 0.2) is 0 Å². The molecule has 0 radical (unpaired) electrons. The first kappa shape index (κ1) is 19.5. The SMILES string of the molecule is CC(NC(=O)C1CC1c1ccc(C(F)(F)F)cc1)c1ccc2c(c1)CCC(=O)N2. The van der Waals surface area contributed by atoms with Crippen molar-refractivity contribution in [3.63, 3.8) is 0 Å². The lowest BCUT2D eigenvalue weighted by molar-refractivity contribution is -0.137. The molecular weight excluding hydrogens is 381 g/mol. The van der Waals surface area contributed by atoms with Crippen LogP contribution in [0.15, 0.2) is 42.5 Å². The van der Waals surface area contributed by atoms with Gasteiger partial charge in [-0.1, -0.05) is 24.3 Å². The Morgan fingerprint density at radius 2 is 1.86 bits per heavy atom. The topological polar surface area (TPSA) is 58.2 Å². The van der Waals surface area contributed by atoms with E-state index in [0.29, 0.717) is 19.3 Å². The van der Waals surface area contributed by atoms with E-state index in [-0.39, 0.29) is 29.7 Å². The van der Waals surface area contributed by atoms with E-state index in [1.54, 1.807) is 0 Å². The van der Waals surface area contributed by atoms with E-state index in [9.17, 15) is 22.8 Å². The molecule has 7 heteroatoms. The van der Waals surface area contributed by atoms with Gasteiger partial charge in [0.25, 0.3) is 0 Å². The fraction of sp³-hybridized carbons (Fsp3) is 0.364. The standard InChI is InChI=1S/C22H21F3N2O2/c1-12(14-4-8-19-15(10-14)5-9-20(28)27-19)26-21(29)18-11-17(18)13-2-6-16(7-3-13)22(23,24)25/h2-4,6-8,10,12,17-18H,5,9,11H2,1H3,(H,26,29)(H,27,28). The van der Waals surface area contributed by atoms with Crippen molar-refractivity contribution in [2.75, 3.05) is 5.32 Å². The Bertz CT molecular complexity index is 954. The number of nitrogens with one attached hydrogen (secondary N) is 2. The summed E-state index contributed by atoms with van der Waals surface area (Å²) in [5.74, 6) is -0.336. The smallest absolute Gasteiger partial charge is 0.349 e. The number of carbonyl (C=O) groups excluding carboxylic acids is 2. The predicted molar refractivity (Wildman–Crippen MR) is 102 cm³/mol. The van der Waals surface area contributed by atoms with Crippen molar-refractivity contribution in [2.24, 2.45) is 5.92 Å². The summed E-state index contributed by atoms with van der Waals surface area (Å²) in [6.07, 6.45) is -2.59. The van der Waals surface area contributed by atoms with Gasteiger partial charge in [0, 0.05) is 18.0 Å². The van der Waals surface area contributed by atoms with E-state index in [0.717, 1.165) is 34.5 Å². The van der Waals surface area contributed by atoms with E-state index in [4.69, 9.17) is 0 Å². The quantitative estimate of drug-likeness (QED) is 0.787. The Balaban J connectivity index is 1.37. The summed E-state index contributed by atoms with van der Waals surface area (Å²) in [6, 6.07) is 10.6. The number of fused-ring (bicyclic) bond motifs is 1. The van der Waals surface area contributed by atoms with Crippen LogP contribution < -0.4 is 10.6 Å². The summed E-state index contributed by atoms with van der Waals surface area (Å²) in [5, 5.41) is 5.84. The van der Waals surface area contributed by atoms with E-state index in [2.05, 4.69) is 10.6 Å². The maximum atomic E-state index is 12.7. The number of alkyl halides is 3. The normalized spacial score (nSPS) is 21.7. The third kappa shape index (κ3) is 4.13. The van der Waals surface area contributed by atoms with Crippen LogP contribution in [0.2, 0.25) is 0 Å². The van der Waals surface area contributed by atoms with Crippen LogP contribution in [0.25, 0.3) is 0 Å². The zero-order valence-electron chi connectivity index (χ0n) is 15.8. The highest BCUT2D eigenvalue weighted by molar-refractivity contribution is 5.94. The second-order valence-electron chi connectivity index (χ2n) is 7.76. The molecule has 3 atom stereocenters. The third-order valence-corrected chi connectivity index (χ3v) is 5.68. The minimum absolute atomic E-state index is 0.00893. The van der Waals surface area contributed by atoms with Crippen molar-refractivity contribution in [1.29, 1.82) is 0 Å². The van der Waals surface area contributed by atoms with Crippen molar-refractivity contribution < 1.29 is 22.8 Å². The number of halogens is 3. The molecule has 2 aliphatic rings. The average Bonchev–Trinajstić information content (AvgIpc) is 3.48. The molecule has 1 saturated carbocycles. The lowest BCUT2D eigenvalue weighted by Crippen LogP contribution is -2.28. The van der Waals surface area contributed by atoms with Gasteiger partial charge in [0.05, 0.1) is 11.6 Å². The number of anilines is 1. The maximum Gasteiger partial charge on any atom is 0.416 e. The fourth-order valence-corrected chi connectivity index (χ4v) is 3.85. The van der Waals surface area contributed by atoms with Gasteiger partial charge >= 0.3 is 6.18 Å². The Morgan fingerprint density at radius 3 is 2.55 bits per heavy atom. The zero-order chi connectivity index (χ0) is 20.8. The third-order valence-electron chi connectivity index (χ3n) is 5.68. The van der Waals surface area contributed by atoms with Crippen LogP contribution in [0.1, 0.15) is 54.0 Å². The molecule has 1 fully saturated rings. The Kier molecular flexibility index (Phi) is 4.84. The van der Waals surface area contributed by atoms with Crippen LogP contribution >= 0.6 is 0 Å². The van der Waals surface area contributed by atoms with Crippen LogP contribution in [0, 0.1) is 5.92 Å². The van der Waals surface area contributed by atoms with Gasteiger partial charge in [-0.3, -0.25) is 9.59 Å². The first-order valence-electron chi connectivity index (χ1n) is 9.62. The number of rotatable bonds is 4. The number of aryl methyl sites for hydroxylation is 1. The molecule has 152 valence electrons. The number of amides is 2. The summed E-state index contributed by atoms with van der Waals surface area (Å²) in [7, 11) is 0. The van der Waals surface area contributed by atoms with Gasteiger partial charge in [0.2, 0.25) is 11.8 Å². The van der Waals surface area contributed by atoms with E-state index < -0.39 is 11.7 Å². The first-order chi connectivity index (χ1) is 13.7. The second-order valence-corrected chi connectivity index (χ2v) is 7.76. The van der Waals surface area contributed by atoms with Crippen LogP contribution in [-0.2, 0) is 22.2 Å². The van der Waals surface area contributed by atoms with Gasteiger partial charge in [-0.15, -0.1) is 0 Å². The maximum absolute atomic E-state index is 12.7. The minimum atomic E-state index is -4.36. The van der Waals surface area contributed by atoms with Gasteiger partial charge in [-0.05, 0) is 60.6 Å². The largest absolute Gasteiger partial charge is 0.416 e. The molecule has 2 aromatic rings. The molecule has 4 rings (SSSR count). The molecule has 0 bridgehead atoms. The average molecular weight is 402 g/mol. The molecule has 0 spiro atoms. The van der Waals surface area contributed by atoms with E-state index in [1.807, 2.05) is 25.1 Å². The van der Waals surface area contributed by atoms with Gasteiger partial charge in [-0.2, -0.15) is 13.2 Å². The Morgan fingerprint density at radius 1 is 1.14 bits per heavy atom. The van der Waals surface area contributed by atoms with Crippen LogP contribution in [0.3, 0.4) is 0 Å². The Labute approximate surface area is 166 Å². The monoisotopic (exact) mass is 402 g/mol. The summed E-state index contributed by atoms with van der Waals surface area (Å²) in [6.45, 7) is 1.90. The summed E-state index contributed by atoms with van der Waals surface area (Å²) in [4.78, 5) is 24.0. The van der Waals surface area contributed by atoms with E-state index in [1.165, 1.54) is 12.1 Å². The van der Waals surface area contributed by atoms with Crippen molar-refractivity contribution in [3.05, 3.63) is 64.7 Å². The summed E-state index contributed by atoms with van der Waals surface area (Å²) < 4.78 is 38.1. The van der Waals surface area contributed by atoms with Crippen LogP contribution in [-0.4, -0.2) is 11.8 Å². The molecule has 2 N–H and O–H groups in total. The summed E-state index contributed by atoms with van der Waals surface area (Å²) >= 11 is 0. The summed E-state index contributed by atoms with van der Waals surface area (Å²) in [5.41, 5.74) is 2.90. The highest BCUT2D eigenvalue weighted by atomic mass is 19.4. The molecule has 0 aromatic heterocycles. The number of hydrogen-bond donors (Lipinski definition) is 2. The number of benzene rings is 2. The minimum Gasteiger partial charge on any atom is -0.349 e. The molecule has 1 aliphatic heterocycles. The number of carbonyl (C=O) groups is 2.